The van der Waals surface area contributed by atoms with Crippen molar-refractivity contribution in [2.24, 2.45) is 0 Å². The van der Waals surface area contributed by atoms with Gasteiger partial charge in [0.25, 0.3) is 4.92 Å². The van der Waals surface area contributed by atoms with Gasteiger partial charge in [-0.2, -0.15) is 0 Å². The molecule has 0 atom stereocenters. The quantitative estimate of drug-likeness (QED) is 0.619. The number of ketones is 1. The Balaban J connectivity index is 2.76. The second kappa shape index (κ2) is 5.50. The molecule has 5 heteroatoms. The van der Waals surface area contributed by atoms with Crippen LogP contribution in [0.5, 0.6) is 0 Å². The molecule has 1 N–H and O–H groups in total. The fraction of sp³-hybridized carbons (Fsp3) is 0.300. The van der Waals surface area contributed by atoms with E-state index >= 15 is 0 Å². The maximum absolute atomic E-state index is 11.1. The maximum Gasteiger partial charge on any atom is 0.329 e. The Morgan fingerprint density at radius 3 is 2.73 bits per heavy atom. The Labute approximate surface area is 91.8 Å². The van der Waals surface area contributed by atoms with Gasteiger partial charge in [0.05, 0.1) is 15.6 Å². The topological polar surface area (TPSA) is 57.4 Å². The van der Waals surface area contributed by atoms with Crippen LogP contribution in [-0.2, 0) is 4.79 Å². The highest BCUT2D eigenvalue weighted by Crippen LogP contribution is 2.28. The zero-order chi connectivity index (χ0) is 11.3. The molecule has 0 aliphatic rings. The summed E-state index contributed by atoms with van der Waals surface area (Å²) >= 11 is 1.26. The summed E-state index contributed by atoms with van der Waals surface area (Å²) in [7, 11) is 0. The molecule has 0 aliphatic heterocycles. The number of para-hydroxylation sites is 1. The summed E-state index contributed by atoms with van der Waals surface area (Å²) in [5.74, 6) is 0.437. The Kier molecular flexibility index (Phi) is 4.30. The summed E-state index contributed by atoms with van der Waals surface area (Å²) in [5, 5.41) is 8.81. The van der Waals surface area contributed by atoms with Gasteiger partial charge in [0.2, 0.25) is 0 Å². The highest BCUT2D eigenvalue weighted by molar-refractivity contribution is 8.00. The van der Waals surface area contributed by atoms with Crippen molar-refractivity contribution >= 4 is 23.2 Å². The van der Waals surface area contributed by atoms with Crippen molar-refractivity contribution < 1.29 is 14.9 Å². The van der Waals surface area contributed by atoms with Crippen molar-refractivity contribution in [1.29, 1.82) is 0 Å². The van der Waals surface area contributed by atoms with Crippen molar-refractivity contribution in [1.82, 2.24) is 0 Å². The van der Waals surface area contributed by atoms with Crippen molar-refractivity contribution in [3.05, 3.63) is 29.2 Å². The summed E-state index contributed by atoms with van der Waals surface area (Å²) < 4.78 is 0. The van der Waals surface area contributed by atoms with Crippen molar-refractivity contribution in [3.8, 4) is 0 Å². The van der Waals surface area contributed by atoms with Crippen LogP contribution in [0.25, 0.3) is 0 Å². The molecule has 4 nitrogen and oxygen atoms in total. The third kappa shape index (κ3) is 3.36. The molecule has 0 heterocycles. The van der Waals surface area contributed by atoms with Gasteiger partial charge in [-0.3, -0.25) is 4.79 Å². The molecule has 1 aromatic carbocycles. The molecule has 15 heavy (non-hydrogen) atoms. The summed E-state index contributed by atoms with van der Waals surface area (Å²) in [4.78, 5) is 22.3. The van der Waals surface area contributed by atoms with Crippen LogP contribution in [0, 0.1) is 4.91 Å². The monoisotopic (exact) mass is 226 g/mol. The van der Waals surface area contributed by atoms with Crippen LogP contribution in [0.15, 0.2) is 29.2 Å². The minimum absolute atomic E-state index is 0.116. The molecule has 0 bridgehead atoms. The number of benzene rings is 1. The van der Waals surface area contributed by atoms with E-state index in [0.717, 1.165) is 0 Å². The lowest BCUT2D eigenvalue weighted by molar-refractivity contribution is -0.731. The predicted molar refractivity (Wildman–Crippen MR) is 57.5 cm³/mol. The first kappa shape index (κ1) is 11.7. The standard InChI is InChI=1S/C10H12NO3S/c1-2-8(12)7-15-10-6-4-3-5-9(10)11(13)14/h3-6H,2,7H2,1H3,(H,13,14)/q+1. The first-order chi connectivity index (χ1) is 7.15. The van der Waals surface area contributed by atoms with E-state index < -0.39 is 0 Å². The molecule has 0 aliphatic carbocycles. The molecule has 0 saturated heterocycles. The Morgan fingerprint density at radius 2 is 2.13 bits per heavy atom. The molecule has 0 aromatic heterocycles. The fourth-order valence-corrected chi connectivity index (χ4v) is 1.99. The summed E-state index contributed by atoms with van der Waals surface area (Å²) in [6, 6.07) is 6.61. The summed E-state index contributed by atoms with van der Waals surface area (Å²) in [6.07, 6.45) is 0.482. The van der Waals surface area contributed by atoms with Crippen molar-refractivity contribution in [2.45, 2.75) is 18.2 Å². The van der Waals surface area contributed by atoms with Crippen LogP contribution in [0.3, 0.4) is 0 Å². The summed E-state index contributed by atoms with van der Waals surface area (Å²) in [6.45, 7) is 1.79. The van der Waals surface area contributed by atoms with Gasteiger partial charge in [-0.15, -0.1) is 11.8 Å². The summed E-state index contributed by atoms with van der Waals surface area (Å²) in [5.41, 5.74) is 0.173. The van der Waals surface area contributed by atoms with Gasteiger partial charge < -0.3 is 0 Å². The van der Waals surface area contributed by atoms with Crippen LogP contribution >= 0.6 is 11.8 Å². The van der Waals surface area contributed by atoms with Crippen LogP contribution in [-0.4, -0.2) is 21.7 Å². The molecule has 0 amide bonds. The first-order valence-electron chi connectivity index (χ1n) is 4.54. The third-order valence-corrected chi connectivity index (χ3v) is 2.98. The molecule has 0 radical (unpaired) electrons. The molecule has 1 aromatic rings. The number of Topliss-reactive ketones (excluding diaryl/α,β-unsaturated/α-hetero) is 1. The number of hydrogen-bond donors (Lipinski definition) is 1. The number of nitrogens with zero attached hydrogens (tertiary/aromatic N) is 1. The lowest BCUT2D eigenvalue weighted by atomic mass is 10.3. The zero-order valence-electron chi connectivity index (χ0n) is 8.34. The van der Waals surface area contributed by atoms with Gasteiger partial charge in [-0.25, -0.2) is 5.21 Å². The Hall–Kier alpha value is -1.36. The molecule has 0 fully saturated rings. The van der Waals surface area contributed by atoms with Crippen LogP contribution in [0.2, 0.25) is 0 Å². The van der Waals surface area contributed by atoms with Gasteiger partial charge in [0.1, 0.15) is 5.78 Å². The van der Waals surface area contributed by atoms with E-state index in [2.05, 4.69) is 0 Å². The van der Waals surface area contributed by atoms with E-state index in [4.69, 9.17) is 5.21 Å². The number of rotatable bonds is 5. The third-order valence-electron chi connectivity index (χ3n) is 1.85. The van der Waals surface area contributed by atoms with Gasteiger partial charge >= 0.3 is 5.69 Å². The van der Waals surface area contributed by atoms with Gasteiger partial charge in [0, 0.05) is 12.5 Å². The van der Waals surface area contributed by atoms with Crippen LogP contribution < -0.4 is 0 Å². The number of hydrogen-bond acceptors (Lipinski definition) is 3. The lowest BCUT2D eigenvalue weighted by Gasteiger charge is -1.98. The number of carbonyl (C=O) groups is 1. The second-order valence-corrected chi connectivity index (χ2v) is 3.94. The highest BCUT2D eigenvalue weighted by Gasteiger charge is 2.18. The van der Waals surface area contributed by atoms with Crippen LogP contribution in [0.1, 0.15) is 13.3 Å². The normalized spacial score (nSPS) is 9.93. The molecular weight excluding hydrogens is 214 g/mol. The Bertz CT molecular complexity index is 379. The van der Waals surface area contributed by atoms with Crippen LogP contribution in [0.4, 0.5) is 5.69 Å². The van der Waals surface area contributed by atoms with E-state index in [1.54, 1.807) is 25.1 Å². The predicted octanol–water partition coefficient (Wildman–Crippen LogP) is 2.56. The molecular formula is C10H12NO3S+. The van der Waals surface area contributed by atoms with Crippen molar-refractivity contribution in [2.75, 3.05) is 5.75 Å². The Morgan fingerprint density at radius 1 is 1.47 bits per heavy atom. The molecule has 1 rings (SSSR count). The second-order valence-electron chi connectivity index (χ2n) is 2.92. The molecule has 0 spiro atoms. The largest absolute Gasteiger partial charge is 0.329 e. The number of carbonyl (C=O) groups excluding carboxylic acids is 1. The zero-order valence-corrected chi connectivity index (χ0v) is 9.16. The van der Waals surface area contributed by atoms with E-state index in [0.29, 0.717) is 17.1 Å². The van der Waals surface area contributed by atoms with Gasteiger partial charge in [-0.1, -0.05) is 19.1 Å². The maximum atomic E-state index is 11.1. The fourth-order valence-electron chi connectivity index (χ4n) is 0.998. The minimum Gasteiger partial charge on any atom is -0.299 e. The lowest BCUT2D eigenvalue weighted by Crippen LogP contribution is -1.99. The average molecular weight is 226 g/mol. The smallest absolute Gasteiger partial charge is 0.299 e. The number of thioether (sulfide) groups is 1. The van der Waals surface area contributed by atoms with E-state index in [-0.39, 0.29) is 16.4 Å². The molecule has 0 unspecified atom stereocenters. The molecule has 0 saturated carbocycles. The van der Waals surface area contributed by atoms with E-state index in [9.17, 15) is 9.70 Å². The SMILES string of the molecule is CCC(=O)CSc1ccccc1[N+](=O)O. The highest BCUT2D eigenvalue weighted by atomic mass is 32.2. The first-order valence-corrected chi connectivity index (χ1v) is 5.53. The molecule has 80 valence electrons. The van der Waals surface area contributed by atoms with Crippen molar-refractivity contribution in [3.63, 3.8) is 0 Å². The minimum atomic E-state index is -0.182. The van der Waals surface area contributed by atoms with Gasteiger partial charge in [-0.05, 0) is 6.07 Å². The van der Waals surface area contributed by atoms with E-state index in [1.807, 2.05) is 0 Å². The van der Waals surface area contributed by atoms with Gasteiger partial charge in [0.15, 0.2) is 0 Å². The van der Waals surface area contributed by atoms with E-state index in [1.165, 1.54) is 17.8 Å². The average Bonchev–Trinajstić information content (AvgIpc) is 2.26.